The highest BCUT2D eigenvalue weighted by atomic mass is 16.3. The fraction of sp³-hybridized carbons (Fsp3) is 0.333. The van der Waals surface area contributed by atoms with Crippen molar-refractivity contribution in [1.29, 1.82) is 0 Å². The summed E-state index contributed by atoms with van der Waals surface area (Å²) >= 11 is 0. The normalized spacial score (nSPS) is 11.4. The van der Waals surface area contributed by atoms with Crippen LogP contribution in [0.25, 0.3) is 0 Å². The maximum absolute atomic E-state index is 12.1. The van der Waals surface area contributed by atoms with Crippen LogP contribution in [0, 0.1) is 6.92 Å². The number of hydrogen-bond acceptors (Lipinski definition) is 3. The molecule has 3 N–H and O–H groups in total. The molecule has 1 aromatic heterocycles. The van der Waals surface area contributed by atoms with Crippen LogP contribution in [0.5, 0.6) is 5.75 Å². The summed E-state index contributed by atoms with van der Waals surface area (Å²) in [6, 6.07) is 6.69. The fourth-order valence-electron chi connectivity index (χ4n) is 1.79. The van der Waals surface area contributed by atoms with E-state index in [1.807, 2.05) is 6.92 Å². The number of H-pyrrole nitrogens is 1. The van der Waals surface area contributed by atoms with Crippen molar-refractivity contribution >= 4 is 11.7 Å². The summed E-state index contributed by atoms with van der Waals surface area (Å²) in [4.78, 5) is 12.1. The predicted molar refractivity (Wildman–Crippen MR) is 78.1 cm³/mol. The van der Waals surface area contributed by atoms with Crippen molar-refractivity contribution < 1.29 is 9.90 Å². The fourth-order valence-corrected chi connectivity index (χ4v) is 1.79. The Morgan fingerprint density at radius 2 is 2.00 bits per heavy atom. The number of aryl methyl sites for hydroxylation is 1. The second kappa shape index (κ2) is 5.00. The van der Waals surface area contributed by atoms with E-state index in [0.717, 1.165) is 11.3 Å². The summed E-state index contributed by atoms with van der Waals surface area (Å²) < 4.78 is 0. The molecule has 1 heterocycles. The van der Waals surface area contributed by atoms with E-state index in [1.54, 1.807) is 18.2 Å². The minimum absolute atomic E-state index is 0.0420. The number of aromatic nitrogens is 2. The molecular formula is C15H19N3O2. The third-order valence-electron chi connectivity index (χ3n) is 3.02. The van der Waals surface area contributed by atoms with Gasteiger partial charge in [-0.25, -0.2) is 0 Å². The van der Waals surface area contributed by atoms with Crippen LogP contribution in [0.15, 0.2) is 24.3 Å². The molecule has 0 saturated carbocycles. The van der Waals surface area contributed by atoms with Crippen LogP contribution in [-0.4, -0.2) is 21.2 Å². The molecular weight excluding hydrogens is 254 g/mol. The molecule has 20 heavy (non-hydrogen) atoms. The average Bonchev–Trinajstić information content (AvgIpc) is 2.80. The number of anilines is 1. The number of carbonyl (C=O) groups excluding carboxylic acids is 1. The monoisotopic (exact) mass is 273 g/mol. The molecule has 2 rings (SSSR count). The van der Waals surface area contributed by atoms with E-state index in [9.17, 15) is 9.90 Å². The lowest BCUT2D eigenvalue weighted by atomic mass is 9.92. The number of nitrogens with zero attached hydrogens (tertiary/aromatic N) is 1. The molecule has 0 aliphatic heterocycles. The number of phenols is 1. The van der Waals surface area contributed by atoms with Gasteiger partial charge in [-0.05, 0) is 19.1 Å². The molecule has 0 saturated heterocycles. The van der Waals surface area contributed by atoms with Crippen molar-refractivity contribution in [2.24, 2.45) is 0 Å². The molecule has 0 spiro atoms. The first kappa shape index (κ1) is 14.1. The maximum Gasteiger partial charge on any atom is 0.260 e. The van der Waals surface area contributed by atoms with Gasteiger partial charge in [0.25, 0.3) is 5.91 Å². The SMILES string of the molecule is Cc1ccc(O)c(C(=O)Nc2cc(C(C)(C)C)[nH]n2)c1. The van der Waals surface area contributed by atoms with Crippen LogP contribution in [0.1, 0.15) is 42.4 Å². The van der Waals surface area contributed by atoms with Crippen molar-refractivity contribution in [2.75, 3.05) is 5.32 Å². The molecule has 0 fully saturated rings. The van der Waals surface area contributed by atoms with Crippen molar-refractivity contribution in [3.63, 3.8) is 0 Å². The lowest BCUT2D eigenvalue weighted by Gasteiger charge is -2.14. The molecule has 0 aliphatic carbocycles. The molecule has 0 unspecified atom stereocenters. The van der Waals surface area contributed by atoms with E-state index in [1.165, 1.54) is 6.07 Å². The number of nitrogens with one attached hydrogen (secondary N) is 2. The molecule has 1 aromatic carbocycles. The van der Waals surface area contributed by atoms with E-state index in [4.69, 9.17) is 0 Å². The first-order valence-corrected chi connectivity index (χ1v) is 6.44. The van der Waals surface area contributed by atoms with E-state index in [-0.39, 0.29) is 22.6 Å². The average molecular weight is 273 g/mol. The van der Waals surface area contributed by atoms with Gasteiger partial charge in [-0.3, -0.25) is 9.89 Å². The van der Waals surface area contributed by atoms with Gasteiger partial charge in [0.2, 0.25) is 0 Å². The lowest BCUT2D eigenvalue weighted by Crippen LogP contribution is -2.13. The number of aromatic amines is 1. The zero-order valence-corrected chi connectivity index (χ0v) is 12.1. The molecule has 2 aromatic rings. The van der Waals surface area contributed by atoms with Gasteiger partial charge in [0.15, 0.2) is 5.82 Å². The van der Waals surface area contributed by atoms with Gasteiger partial charge in [-0.2, -0.15) is 5.10 Å². The van der Waals surface area contributed by atoms with E-state index in [2.05, 4.69) is 36.3 Å². The van der Waals surface area contributed by atoms with Gasteiger partial charge >= 0.3 is 0 Å². The van der Waals surface area contributed by atoms with Gasteiger partial charge in [0, 0.05) is 17.2 Å². The van der Waals surface area contributed by atoms with Crippen LogP contribution in [0.3, 0.4) is 0 Å². The zero-order chi connectivity index (χ0) is 14.9. The smallest absolute Gasteiger partial charge is 0.260 e. The summed E-state index contributed by atoms with van der Waals surface area (Å²) in [6.45, 7) is 8.03. The van der Waals surface area contributed by atoms with Crippen LogP contribution in [0.2, 0.25) is 0 Å². The van der Waals surface area contributed by atoms with Crippen molar-refractivity contribution in [3.05, 3.63) is 41.1 Å². The van der Waals surface area contributed by atoms with Gasteiger partial charge in [0.1, 0.15) is 5.75 Å². The third kappa shape index (κ3) is 2.99. The molecule has 5 nitrogen and oxygen atoms in total. The Labute approximate surface area is 118 Å². The predicted octanol–water partition coefficient (Wildman–Crippen LogP) is 2.97. The molecule has 0 atom stereocenters. The molecule has 106 valence electrons. The highest BCUT2D eigenvalue weighted by Crippen LogP contribution is 2.23. The standard InChI is InChI=1S/C15H19N3O2/c1-9-5-6-11(19)10(7-9)14(20)16-13-8-12(17-18-13)15(2,3)4/h5-8,19H,1-4H3,(H2,16,17,18,20). The van der Waals surface area contributed by atoms with Gasteiger partial charge < -0.3 is 10.4 Å². The summed E-state index contributed by atoms with van der Waals surface area (Å²) in [7, 11) is 0. The Hall–Kier alpha value is -2.30. The van der Waals surface area contributed by atoms with Crippen LogP contribution >= 0.6 is 0 Å². The number of phenolic OH excluding ortho intramolecular Hbond substituents is 1. The highest BCUT2D eigenvalue weighted by Gasteiger charge is 2.18. The van der Waals surface area contributed by atoms with Crippen molar-refractivity contribution in [3.8, 4) is 5.75 Å². The van der Waals surface area contributed by atoms with Gasteiger partial charge in [0.05, 0.1) is 5.56 Å². The highest BCUT2D eigenvalue weighted by molar-refractivity contribution is 6.05. The van der Waals surface area contributed by atoms with E-state index >= 15 is 0 Å². The molecule has 0 bridgehead atoms. The first-order valence-electron chi connectivity index (χ1n) is 6.44. The zero-order valence-electron chi connectivity index (χ0n) is 12.1. The number of benzene rings is 1. The number of rotatable bonds is 2. The third-order valence-corrected chi connectivity index (χ3v) is 3.02. The second-order valence-electron chi connectivity index (χ2n) is 5.89. The number of hydrogen-bond donors (Lipinski definition) is 3. The summed E-state index contributed by atoms with van der Waals surface area (Å²) in [6.07, 6.45) is 0. The molecule has 5 heteroatoms. The van der Waals surface area contributed by atoms with Gasteiger partial charge in [-0.15, -0.1) is 0 Å². The minimum atomic E-state index is -0.377. The van der Waals surface area contributed by atoms with E-state index in [0.29, 0.717) is 5.82 Å². The molecule has 0 aliphatic rings. The van der Waals surface area contributed by atoms with Crippen molar-refractivity contribution in [1.82, 2.24) is 10.2 Å². The topological polar surface area (TPSA) is 78.0 Å². The second-order valence-corrected chi connectivity index (χ2v) is 5.89. The molecule has 0 radical (unpaired) electrons. The minimum Gasteiger partial charge on any atom is -0.507 e. The number of aromatic hydroxyl groups is 1. The largest absolute Gasteiger partial charge is 0.507 e. The molecule has 1 amide bonds. The van der Waals surface area contributed by atoms with Crippen LogP contribution in [0.4, 0.5) is 5.82 Å². The Bertz CT molecular complexity index is 639. The van der Waals surface area contributed by atoms with E-state index < -0.39 is 0 Å². The van der Waals surface area contributed by atoms with Crippen molar-refractivity contribution in [2.45, 2.75) is 33.1 Å². The van der Waals surface area contributed by atoms with Gasteiger partial charge in [-0.1, -0.05) is 32.4 Å². The summed E-state index contributed by atoms with van der Waals surface area (Å²) in [5, 5.41) is 19.4. The van der Waals surface area contributed by atoms with Crippen LogP contribution < -0.4 is 5.32 Å². The Kier molecular flexibility index (Phi) is 3.53. The van der Waals surface area contributed by atoms with Crippen LogP contribution in [-0.2, 0) is 5.41 Å². The first-order chi connectivity index (χ1) is 9.27. The number of carbonyl (C=O) groups is 1. The number of amides is 1. The summed E-state index contributed by atoms with van der Waals surface area (Å²) in [5.74, 6) is 0.0265. The Morgan fingerprint density at radius 1 is 1.30 bits per heavy atom. The lowest BCUT2D eigenvalue weighted by molar-refractivity contribution is 0.102. The summed E-state index contributed by atoms with van der Waals surface area (Å²) in [5.41, 5.74) is 2.01. The maximum atomic E-state index is 12.1. The quantitative estimate of drug-likeness (QED) is 0.787. The Balaban J connectivity index is 2.20. The Morgan fingerprint density at radius 3 is 2.60 bits per heavy atom.